The Kier molecular flexibility index (Phi) is 7.69. The fraction of sp³-hybridized carbons (Fsp3) is 0.444. The minimum absolute atomic E-state index is 0.00763. The molecule has 1 aliphatic rings. The van der Waals surface area contributed by atoms with Crippen molar-refractivity contribution in [2.75, 3.05) is 13.1 Å². The maximum absolute atomic E-state index is 13.0. The molecule has 0 spiro atoms. The molecule has 2 unspecified atom stereocenters. The van der Waals surface area contributed by atoms with E-state index in [1.807, 2.05) is 30.3 Å². The van der Waals surface area contributed by atoms with Gasteiger partial charge in [0, 0.05) is 23.2 Å². The van der Waals surface area contributed by atoms with E-state index in [0.717, 1.165) is 31.4 Å². The molecule has 3 aromatic rings. The molecule has 1 aliphatic heterocycles. The fourth-order valence-corrected chi connectivity index (χ4v) is 4.95. The Morgan fingerprint density at radius 1 is 1.21 bits per heavy atom. The normalized spacial score (nSPS) is 17.9. The smallest absolute Gasteiger partial charge is 0.241 e. The van der Waals surface area contributed by atoms with E-state index in [1.165, 1.54) is 5.56 Å². The number of hydrogen-bond donors (Lipinski definition) is 1. The number of carbonyl (C=O) groups is 1. The van der Waals surface area contributed by atoms with Crippen LogP contribution < -0.4 is 5.32 Å². The van der Waals surface area contributed by atoms with Crippen LogP contribution in [0.25, 0.3) is 11.4 Å². The highest BCUT2D eigenvalue weighted by Gasteiger charge is 2.29. The van der Waals surface area contributed by atoms with E-state index in [4.69, 9.17) is 16.1 Å². The first kappa shape index (κ1) is 24.4. The summed E-state index contributed by atoms with van der Waals surface area (Å²) in [5.41, 5.74) is 2.15. The largest absolute Gasteiger partial charge is 0.353 e. The number of likely N-dealkylation sites (tertiary alicyclic amines) is 1. The molecule has 7 heteroatoms. The lowest BCUT2D eigenvalue weighted by Gasteiger charge is -2.33. The number of hydrogen-bond acceptors (Lipinski definition) is 5. The molecule has 1 N–H and O–H groups in total. The van der Waals surface area contributed by atoms with E-state index in [0.29, 0.717) is 29.8 Å². The summed E-state index contributed by atoms with van der Waals surface area (Å²) in [6.07, 6.45) is 2.76. The molecular weight excluding hydrogens is 448 g/mol. The number of piperidine rings is 1. The highest BCUT2D eigenvalue weighted by molar-refractivity contribution is 6.30. The molecule has 180 valence electrons. The average Bonchev–Trinajstić information content (AvgIpc) is 3.28. The first-order chi connectivity index (χ1) is 16.3. The summed E-state index contributed by atoms with van der Waals surface area (Å²) < 4.78 is 5.47. The second-order valence-corrected chi connectivity index (χ2v) is 10.4. The summed E-state index contributed by atoms with van der Waals surface area (Å²) in [5.74, 6) is 1.21. The number of aromatic nitrogens is 2. The predicted molar refractivity (Wildman–Crippen MR) is 134 cm³/mol. The van der Waals surface area contributed by atoms with E-state index < -0.39 is 0 Å². The summed E-state index contributed by atoms with van der Waals surface area (Å²) in [4.78, 5) is 19.8. The predicted octanol–water partition coefficient (Wildman–Crippen LogP) is 5.47. The van der Waals surface area contributed by atoms with Gasteiger partial charge >= 0.3 is 0 Å². The standard InChI is InChI=1S/C27H33ClN4O2/c1-19(16-27(2,3)22-9-5-4-6-10-22)29-26(33)21-8-7-15-32(17-21)18-24-30-25(31-34-24)20-11-13-23(28)14-12-20/h4-6,9-14,19,21H,7-8,15-18H2,1-3H3,(H,29,33). The second kappa shape index (κ2) is 10.7. The van der Waals surface area contributed by atoms with Gasteiger partial charge in [-0.15, -0.1) is 0 Å². The first-order valence-electron chi connectivity index (χ1n) is 12.0. The van der Waals surface area contributed by atoms with E-state index in [1.54, 1.807) is 0 Å². The van der Waals surface area contributed by atoms with Crippen molar-refractivity contribution >= 4 is 17.5 Å². The van der Waals surface area contributed by atoms with Crippen LogP contribution in [0.5, 0.6) is 0 Å². The molecule has 0 radical (unpaired) electrons. The number of benzene rings is 2. The van der Waals surface area contributed by atoms with Crippen molar-refractivity contribution in [2.24, 2.45) is 5.92 Å². The molecule has 0 saturated carbocycles. The van der Waals surface area contributed by atoms with Gasteiger partial charge in [-0.05, 0) is 68.0 Å². The van der Waals surface area contributed by atoms with Crippen molar-refractivity contribution in [3.8, 4) is 11.4 Å². The molecule has 2 aromatic carbocycles. The van der Waals surface area contributed by atoms with Crippen molar-refractivity contribution in [1.82, 2.24) is 20.4 Å². The number of halogens is 1. The number of nitrogens with one attached hydrogen (secondary N) is 1. The lowest BCUT2D eigenvalue weighted by molar-refractivity contribution is -0.127. The molecule has 4 rings (SSSR count). The summed E-state index contributed by atoms with van der Waals surface area (Å²) in [6.45, 7) is 8.71. The van der Waals surface area contributed by atoms with Crippen molar-refractivity contribution in [1.29, 1.82) is 0 Å². The summed E-state index contributed by atoms with van der Waals surface area (Å²) >= 11 is 5.96. The maximum Gasteiger partial charge on any atom is 0.241 e. The molecular formula is C27H33ClN4O2. The van der Waals surface area contributed by atoms with Crippen molar-refractivity contribution in [3.05, 3.63) is 71.1 Å². The van der Waals surface area contributed by atoms with Crippen LogP contribution in [0, 0.1) is 5.92 Å². The zero-order valence-electron chi connectivity index (χ0n) is 20.1. The number of nitrogens with zero attached hydrogens (tertiary/aromatic N) is 3. The van der Waals surface area contributed by atoms with Gasteiger partial charge in [0.15, 0.2) is 0 Å². The highest BCUT2D eigenvalue weighted by Crippen LogP contribution is 2.28. The minimum Gasteiger partial charge on any atom is -0.353 e. The van der Waals surface area contributed by atoms with E-state index in [9.17, 15) is 4.79 Å². The topological polar surface area (TPSA) is 71.3 Å². The van der Waals surface area contributed by atoms with Crippen LogP contribution in [-0.2, 0) is 16.8 Å². The third kappa shape index (κ3) is 6.24. The third-order valence-corrected chi connectivity index (χ3v) is 6.82. The Balaban J connectivity index is 1.30. The minimum atomic E-state index is -0.0327. The Bertz CT molecular complexity index is 1080. The van der Waals surface area contributed by atoms with Crippen LogP contribution in [0.2, 0.25) is 5.02 Å². The Morgan fingerprint density at radius 3 is 2.68 bits per heavy atom. The molecule has 1 saturated heterocycles. The van der Waals surface area contributed by atoms with Crippen LogP contribution in [0.1, 0.15) is 51.5 Å². The SMILES string of the molecule is CC(CC(C)(C)c1ccccc1)NC(=O)C1CCCN(Cc2nc(-c3ccc(Cl)cc3)no2)C1. The Hall–Kier alpha value is -2.70. The van der Waals surface area contributed by atoms with Gasteiger partial charge < -0.3 is 9.84 Å². The van der Waals surface area contributed by atoms with Crippen molar-refractivity contribution < 1.29 is 9.32 Å². The molecule has 6 nitrogen and oxygen atoms in total. The molecule has 34 heavy (non-hydrogen) atoms. The molecule has 1 amide bonds. The Morgan fingerprint density at radius 2 is 1.94 bits per heavy atom. The first-order valence-corrected chi connectivity index (χ1v) is 12.3. The maximum atomic E-state index is 13.0. The zero-order valence-corrected chi connectivity index (χ0v) is 20.9. The van der Waals surface area contributed by atoms with Crippen LogP contribution in [0.3, 0.4) is 0 Å². The van der Waals surface area contributed by atoms with Gasteiger partial charge in [0.1, 0.15) is 0 Å². The van der Waals surface area contributed by atoms with Gasteiger partial charge in [0.25, 0.3) is 0 Å². The zero-order chi connectivity index (χ0) is 24.1. The van der Waals surface area contributed by atoms with Gasteiger partial charge in [0.2, 0.25) is 17.6 Å². The van der Waals surface area contributed by atoms with Gasteiger partial charge in [0.05, 0.1) is 12.5 Å². The van der Waals surface area contributed by atoms with Gasteiger partial charge in [-0.1, -0.05) is 60.9 Å². The molecule has 0 aliphatic carbocycles. The lowest BCUT2D eigenvalue weighted by Crippen LogP contribution is -2.46. The molecule has 1 fully saturated rings. The van der Waals surface area contributed by atoms with Crippen LogP contribution >= 0.6 is 11.6 Å². The Labute approximate surface area is 206 Å². The highest BCUT2D eigenvalue weighted by atomic mass is 35.5. The summed E-state index contributed by atoms with van der Waals surface area (Å²) in [6, 6.07) is 17.9. The van der Waals surface area contributed by atoms with Crippen LogP contribution in [0.15, 0.2) is 59.1 Å². The molecule has 0 bridgehead atoms. The van der Waals surface area contributed by atoms with E-state index in [-0.39, 0.29) is 23.3 Å². The van der Waals surface area contributed by atoms with Crippen LogP contribution in [0.4, 0.5) is 0 Å². The molecule has 2 heterocycles. The quantitative estimate of drug-likeness (QED) is 0.462. The monoisotopic (exact) mass is 480 g/mol. The average molecular weight is 481 g/mol. The van der Waals surface area contributed by atoms with Gasteiger partial charge in [-0.3, -0.25) is 9.69 Å². The third-order valence-electron chi connectivity index (χ3n) is 6.57. The fourth-order valence-electron chi connectivity index (χ4n) is 4.82. The van der Waals surface area contributed by atoms with Gasteiger partial charge in [-0.2, -0.15) is 4.98 Å². The molecule has 2 atom stereocenters. The number of carbonyl (C=O) groups excluding carboxylic acids is 1. The number of rotatable bonds is 8. The number of amides is 1. The van der Waals surface area contributed by atoms with Crippen LogP contribution in [-0.4, -0.2) is 40.1 Å². The van der Waals surface area contributed by atoms with Crippen molar-refractivity contribution in [2.45, 2.75) is 58.0 Å². The second-order valence-electron chi connectivity index (χ2n) is 9.96. The lowest BCUT2D eigenvalue weighted by atomic mass is 9.79. The van der Waals surface area contributed by atoms with E-state index >= 15 is 0 Å². The summed E-state index contributed by atoms with van der Waals surface area (Å²) in [5, 5.41) is 8.03. The van der Waals surface area contributed by atoms with Crippen molar-refractivity contribution in [3.63, 3.8) is 0 Å². The van der Waals surface area contributed by atoms with E-state index in [2.05, 4.69) is 65.4 Å². The van der Waals surface area contributed by atoms with Gasteiger partial charge in [-0.25, -0.2) is 0 Å². The summed E-state index contributed by atoms with van der Waals surface area (Å²) in [7, 11) is 0. The molecule has 1 aromatic heterocycles.